The van der Waals surface area contributed by atoms with Crippen molar-refractivity contribution in [3.05, 3.63) is 72.9 Å². The van der Waals surface area contributed by atoms with E-state index in [0.29, 0.717) is 12.8 Å². The van der Waals surface area contributed by atoms with Gasteiger partial charge in [0.25, 0.3) is 0 Å². The van der Waals surface area contributed by atoms with Crippen LogP contribution in [-0.4, -0.2) is 59.3 Å². The summed E-state index contributed by atoms with van der Waals surface area (Å²) in [6.45, 7) is 3.31. The molecule has 55 heavy (non-hydrogen) atoms. The minimum Gasteiger partial charge on any atom is -0.480 e. The number of aliphatic carboxylic acids is 1. The Hall–Kier alpha value is -3.72. The number of hydrogen-bond donors (Lipinski definition) is 4. The Morgan fingerprint density at radius 1 is 0.582 bits per heavy atom. The van der Waals surface area contributed by atoms with Crippen molar-refractivity contribution in [1.29, 1.82) is 0 Å². The van der Waals surface area contributed by atoms with Crippen LogP contribution in [0.25, 0.3) is 0 Å². The molecule has 2 unspecified atom stereocenters. The minimum absolute atomic E-state index is 0.144. The maximum absolute atomic E-state index is 12.7. The van der Waals surface area contributed by atoms with E-state index in [9.17, 15) is 19.2 Å². The molecule has 0 aliphatic heterocycles. The molecule has 0 spiro atoms. The number of carbonyl (C=O) groups excluding carboxylic acids is 3. The second-order valence-corrected chi connectivity index (χ2v) is 14.0. The minimum atomic E-state index is -1.40. The molecule has 0 fully saturated rings. The van der Waals surface area contributed by atoms with E-state index in [4.69, 9.17) is 14.9 Å². The summed E-state index contributed by atoms with van der Waals surface area (Å²) < 4.78 is 5.90. The molecule has 312 valence electrons. The van der Waals surface area contributed by atoms with Gasteiger partial charge in [0.05, 0.1) is 13.2 Å². The summed E-state index contributed by atoms with van der Waals surface area (Å²) in [6, 6.07) is -1.40. The fourth-order valence-electron chi connectivity index (χ4n) is 5.65. The number of hydrogen-bond acceptors (Lipinski definition) is 6. The van der Waals surface area contributed by atoms with Crippen LogP contribution >= 0.6 is 0 Å². The van der Waals surface area contributed by atoms with E-state index in [1.807, 2.05) is 0 Å². The van der Waals surface area contributed by atoms with Gasteiger partial charge in [-0.1, -0.05) is 138 Å². The van der Waals surface area contributed by atoms with Crippen molar-refractivity contribution in [2.24, 2.45) is 0 Å². The summed E-state index contributed by atoms with van der Waals surface area (Å²) in [7, 11) is 0. The summed E-state index contributed by atoms with van der Waals surface area (Å²) >= 11 is 0. The summed E-state index contributed by atoms with van der Waals surface area (Å²) in [5, 5.41) is 22.5. The summed E-state index contributed by atoms with van der Waals surface area (Å²) in [4.78, 5) is 47.5. The third kappa shape index (κ3) is 37.0. The zero-order valence-electron chi connectivity index (χ0n) is 34.4. The molecule has 0 radical (unpaired) electrons. The molecule has 0 saturated carbocycles. The van der Waals surface area contributed by atoms with Gasteiger partial charge in [-0.15, -0.1) is 0 Å². The molecule has 0 aliphatic rings. The van der Waals surface area contributed by atoms with Gasteiger partial charge in [-0.3, -0.25) is 14.4 Å². The average Bonchev–Trinajstić information content (AvgIpc) is 3.17. The van der Waals surface area contributed by atoms with E-state index < -0.39 is 24.5 Å². The number of amides is 2. The lowest BCUT2D eigenvalue weighted by Gasteiger charge is -2.15. The molecule has 0 aromatic heterocycles. The number of unbranched alkanes of at least 4 members (excludes halogenated alkanes) is 13. The van der Waals surface area contributed by atoms with Crippen LogP contribution in [0.5, 0.6) is 0 Å². The van der Waals surface area contributed by atoms with Gasteiger partial charge in [0.1, 0.15) is 12.1 Å². The summed E-state index contributed by atoms with van der Waals surface area (Å²) in [6.07, 6.45) is 49.4. The SMILES string of the molecule is CC/C=C\C/C=C\C/C=C\C/C=C\C/C=C\CCCCCC(=O)OC(/C=C\CCCCCCCCC)CCCCCCC(=O)NCC(=O)NC(CO)C(=O)O. The van der Waals surface area contributed by atoms with Crippen LogP contribution in [0, 0.1) is 0 Å². The van der Waals surface area contributed by atoms with E-state index in [0.717, 1.165) is 96.3 Å². The summed E-state index contributed by atoms with van der Waals surface area (Å²) in [5.74, 6) is -2.44. The first kappa shape index (κ1) is 51.3. The van der Waals surface area contributed by atoms with Gasteiger partial charge in [0.2, 0.25) is 11.8 Å². The lowest BCUT2D eigenvalue weighted by molar-refractivity contribution is -0.147. The van der Waals surface area contributed by atoms with Crippen molar-refractivity contribution in [2.75, 3.05) is 13.2 Å². The van der Waals surface area contributed by atoms with Gasteiger partial charge in [-0.05, 0) is 89.5 Å². The molecule has 9 nitrogen and oxygen atoms in total. The number of aliphatic hydroxyl groups excluding tert-OH is 1. The van der Waals surface area contributed by atoms with Crippen molar-refractivity contribution in [2.45, 2.75) is 180 Å². The number of carboxylic acids is 1. The molecule has 0 bridgehead atoms. The Morgan fingerprint density at radius 3 is 1.69 bits per heavy atom. The number of allylic oxidation sites excluding steroid dienone is 11. The molecule has 0 aromatic rings. The Balaban J connectivity index is 4.38. The van der Waals surface area contributed by atoms with Crippen molar-refractivity contribution >= 4 is 23.8 Å². The molecule has 2 amide bonds. The highest BCUT2D eigenvalue weighted by molar-refractivity contribution is 5.87. The lowest BCUT2D eigenvalue weighted by Crippen LogP contribution is -2.47. The third-order valence-corrected chi connectivity index (χ3v) is 8.92. The number of nitrogens with one attached hydrogen (secondary N) is 2. The standard InChI is InChI=1S/C46H76N2O7/c1-3-5-7-9-11-13-14-15-16-17-18-19-20-21-22-24-26-28-34-38-45(52)55-41(35-31-27-25-23-12-10-8-6-4-2)36-32-29-30-33-37-43(50)47-39-44(51)48-42(40-49)46(53)54/h5,7,11,13,15-16,18-19,21-22,31,35,41-42,49H,3-4,6,8-10,12,14,17,20,23-30,32-34,36-40H2,1-2H3,(H,47,50)(H,48,51)(H,53,54)/b7-5-,13-11-,16-15-,19-18-,22-21-,35-31-. The molecule has 0 rings (SSSR count). The van der Waals surface area contributed by atoms with Crippen LogP contribution in [0.3, 0.4) is 0 Å². The maximum Gasteiger partial charge on any atom is 0.328 e. The Morgan fingerprint density at radius 2 is 1.09 bits per heavy atom. The highest BCUT2D eigenvalue weighted by Gasteiger charge is 2.18. The Kier molecular flexibility index (Phi) is 37.3. The summed E-state index contributed by atoms with van der Waals surface area (Å²) in [5.41, 5.74) is 0. The van der Waals surface area contributed by atoms with Crippen molar-refractivity contribution in [1.82, 2.24) is 10.6 Å². The molecule has 0 aliphatic carbocycles. The van der Waals surface area contributed by atoms with Gasteiger partial charge in [-0.25, -0.2) is 4.79 Å². The molecule has 4 N–H and O–H groups in total. The molecule has 9 heteroatoms. The van der Waals surface area contributed by atoms with Crippen LogP contribution in [-0.2, 0) is 23.9 Å². The highest BCUT2D eigenvalue weighted by atomic mass is 16.5. The molecule has 0 aromatic carbocycles. The van der Waals surface area contributed by atoms with Crippen LogP contribution < -0.4 is 10.6 Å². The first-order chi connectivity index (χ1) is 26.8. The number of carboxylic acid groups (broad SMARTS) is 1. The molecule has 0 heterocycles. The van der Waals surface area contributed by atoms with E-state index in [-0.39, 0.29) is 30.9 Å². The van der Waals surface area contributed by atoms with Crippen molar-refractivity contribution in [3.8, 4) is 0 Å². The second-order valence-electron chi connectivity index (χ2n) is 14.0. The van der Waals surface area contributed by atoms with Gasteiger partial charge in [-0.2, -0.15) is 0 Å². The van der Waals surface area contributed by atoms with E-state index >= 15 is 0 Å². The smallest absolute Gasteiger partial charge is 0.328 e. The second kappa shape index (κ2) is 40.0. The normalized spacial score (nSPS) is 13.2. The van der Waals surface area contributed by atoms with Gasteiger partial charge < -0.3 is 25.6 Å². The predicted molar refractivity (Wildman–Crippen MR) is 227 cm³/mol. The number of ether oxygens (including phenoxy) is 1. The average molecular weight is 769 g/mol. The molecule has 2 atom stereocenters. The predicted octanol–water partition coefficient (Wildman–Crippen LogP) is 10.3. The quantitative estimate of drug-likeness (QED) is 0.0280. The zero-order chi connectivity index (χ0) is 40.5. The van der Waals surface area contributed by atoms with Gasteiger partial charge in [0, 0.05) is 12.8 Å². The highest BCUT2D eigenvalue weighted by Crippen LogP contribution is 2.15. The van der Waals surface area contributed by atoms with Crippen LogP contribution in [0.2, 0.25) is 0 Å². The van der Waals surface area contributed by atoms with Crippen molar-refractivity contribution < 1.29 is 34.1 Å². The maximum atomic E-state index is 12.7. The number of rotatable bonds is 37. The number of esters is 1. The number of aliphatic hydroxyl groups is 1. The number of carbonyl (C=O) groups is 4. The van der Waals surface area contributed by atoms with E-state index in [2.05, 4.69) is 97.4 Å². The third-order valence-electron chi connectivity index (χ3n) is 8.92. The van der Waals surface area contributed by atoms with Crippen LogP contribution in [0.15, 0.2) is 72.9 Å². The largest absolute Gasteiger partial charge is 0.480 e. The zero-order valence-corrected chi connectivity index (χ0v) is 34.4. The van der Waals surface area contributed by atoms with Crippen molar-refractivity contribution in [3.63, 3.8) is 0 Å². The fourth-order valence-corrected chi connectivity index (χ4v) is 5.65. The Bertz CT molecular complexity index is 1150. The molecular formula is C46H76N2O7. The first-order valence-corrected chi connectivity index (χ1v) is 21.3. The monoisotopic (exact) mass is 769 g/mol. The van der Waals surface area contributed by atoms with Gasteiger partial charge in [0.15, 0.2) is 0 Å². The fraction of sp³-hybridized carbons (Fsp3) is 0.652. The molecular weight excluding hydrogens is 693 g/mol. The Labute approximate surface area is 333 Å². The lowest BCUT2D eigenvalue weighted by atomic mass is 10.1. The first-order valence-electron chi connectivity index (χ1n) is 21.3. The van der Waals surface area contributed by atoms with Gasteiger partial charge >= 0.3 is 11.9 Å². The van der Waals surface area contributed by atoms with Crippen LogP contribution in [0.4, 0.5) is 0 Å². The molecule has 0 saturated heterocycles. The van der Waals surface area contributed by atoms with E-state index in [1.165, 1.54) is 38.5 Å². The van der Waals surface area contributed by atoms with E-state index in [1.54, 1.807) is 0 Å². The van der Waals surface area contributed by atoms with Crippen LogP contribution in [0.1, 0.15) is 168 Å². The topological polar surface area (TPSA) is 142 Å².